The molecule has 0 spiro atoms. The number of hydrogen-bond donors (Lipinski definition) is 1. The van der Waals surface area contributed by atoms with E-state index in [0.717, 1.165) is 10.4 Å². The number of nitrogens with one attached hydrogen (secondary N) is 1. The van der Waals surface area contributed by atoms with Gasteiger partial charge in [0.25, 0.3) is 5.91 Å². The molecule has 0 bridgehead atoms. The highest BCUT2D eigenvalue weighted by Crippen LogP contribution is 2.34. The average molecular weight is 355 g/mol. The molecular weight excluding hydrogens is 338 g/mol. The maximum absolute atomic E-state index is 12.1. The van der Waals surface area contributed by atoms with E-state index in [1.807, 2.05) is 30.3 Å². The SMILES string of the molecule is CC(=O)N1CC(OCC(=O)Nc2sc(-c3ccccc3)cc2C#N)C1. The predicted octanol–water partition coefficient (Wildman–Crippen LogP) is 2.47. The summed E-state index contributed by atoms with van der Waals surface area (Å²) < 4.78 is 5.47. The molecule has 7 heteroatoms. The third kappa shape index (κ3) is 4.05. The maximum Gasteiger partial charge on any atom is 0.251 e. The van der Waals surface area contributed by atoms with Gasteiger partial charge in [0.1, 0.15) is 17.7 Å². The fourth-order valence-corrected chi connectivity index (χ4v) is 3.50. The van der Waals surface area contributed by atoms with Crippen LogP contribution in [0.2, 0.25) is 0 Å². The van der Waals surface area contributed by atoms with Gasteiger partial charge >= 0.3 is 0 Å². The fourth-order valence-electron chi connectivity index (χ4n) is 2.47. The van der Waals surface area contributed by atoms with E-state index in [4.69, 9.17) is 4.74 Å². The summed E-state index contributed by atoms with van der Waals surface area (Å²) in [4.78, 5) is 25.7. The molecule has 2 heterocycles. The molecule has 1 saturated heterocycles. The van der Waals surface area contributed by atoms with Crippen molar-refractivity contribution in [3.05, 3.63) is 42.0 Å². The number of nitriles is 1. The molecule has 2 aromatic rings. The number of nitrogens with zero attached hydrogens (tertiary/aromatic N) is 2. The van der Waals surface area contributed by atoms with Gasteiger partial charge < -0.3 is 15.0 Å². The minimum Gasteiger partial charge on any atom is -0.365 e. The molecule has 1 N–H and O–H groups in total. The summed E-state index contributed by atoms with van der Waals surface area (Å²) in [6.07, 6.45) is -0.103. The molecule has 6 nitrogen and oxygen atoms in total. The molecule has 0 radical (unpaired) electrons. The van der Waals surface area contributed by atoms with Gasteiger partial charge in [0, 0.05) is 24.9 Å². The zero-order chi connectivity index (χ0) is 17.8. The van der Waals surface area contributed by atoms with E-state index >= 15 is 0 Å². The lowest BCUT2D eigenvalue weighted by Crippen LogP contribution is -2.54. The second-order valence-electron chi connectivity index (χ2n) is 5.74. The first-order valence-corrected chi connectivity index (χ1v) is 8.65. The lowest BCUT2D eigenvalue weighted by Gasteiger charge is -2.37. The van der Waals surface area contributed by atoms with E-state index < -0.39 is 0 Å². The van der Waals surface area contributed by atoms with Crippen LogP contribution in [0.15, 0.2) is 36.4 Å². The molecule has 128 valence electrons. The van der Waals surface area contributed by atoms with Crippen LogP contribution < -0.4 is 5.32 Å². The van der Waals surface area contributed by atoms with Crippen LogP contribution in [0.25, 0.3) is 10.4 Å². The Morgan fingerprint density at radius 3 is 2.72 bits per heavy atom. The van der Waals surface area contributed by atoms with Crippen molar-refractivity contribution in [3.8, 4) is 16.5 Å². The largest absolute Gasteiger partial charge is 0.365 e. The smallest absolute Gasteiger partial charge is 0.251 e. The molecule has 3 rings (SSSR count). The third-order valence-electron chi connectivity index (χ3n) is 3.91. The Balaban J connectivity index is 1.57. The Labute approximate surface area is 149 Å². The molecule has 0 atom stereocenters. The number of anilines is 1. The third-order valence-corrected chi connectivity index (χ3v) is 5.01. The zero-order valence-electron chi connectivity index (χ0n) is 13.7. The molecule has 0 saturated carbocycles. The summed E-state index contributed by atoms with van der Waals surface area (Å²) in [5.74, 6) is -0.297. The molecule has 1 aliphatic rings. The molecular formula is C18H17N3O3S. The summed E-state index contributed by atoms with van der Waals surface area (Å²) in [6, 6.07) is 13.6. The Bertz CT molecular complexity index is 820. The van der Waals surface area contributed by atoms with Crippen molar-refractivity contribution in [2.24, 2.45) is 0 Å². The number of carbonyl (C=O) groups is 2. The van der Waals surface area contributed by atoms with Crippen molar-refractivity contribution >= 4 is 28.2 Å². The summed E-state index contributed by atoms with van der Waals surface area (Å²) in [6.45, 7) is 2.44. The Kier molecular flexibility index (Phi) is 5.12. The fraction of sp³-hybridized carbons (Fsp3) is 0.278. The standard InChI is InChI=1S/C18H17N3O3S/c1-12(22)21-9-15(10-21)24-11-17(23)20-18-14(8-19)7-16(25-18)13-5-3-2-4-6-13/h2-7,15H,9-11H2,1H3,(H,20,23). The molecule has 2 amide bonds. The monoisotopic (exact) mass is 355 g/mol. The van der Waals surface area contributed by atoms with Crippen LogP contribution in [0, 0.1) is 11.3 Å². The van der Waals surface area contributed by atoms with Crippen molar-refractivity contribution in [1.82, 2.24) is 4.90 Å². The van der Waals surface area contributed by atoms with Crippen LogP contribution in [0.5, 0.6) is 0 Å². The summed E-state index contributed by atoms with van der Waals surface area (Å²) in [5.41, 5.74) is 1.43. The van der Waals surface area contributed by atoms with Crippen molar-refractivity contribution in [3.63, 3.8) is 0 Å². The van der Waals surface area contributed by atoms with Gasteiger partial charge in [-0.25, -0.2) is 0 Å². The zero-order valence-corrected chi connectivity index (χ0v) is 14.5. The van der Waals surface area contributed by atoms with Gasteiger partial charge in [-0.3, -0.25) is 9.59 Å². The number of ether oxygens (including phenoxy) is 1. The first-order valence-electron chi connectivity index (χ1n) is 7.83. The van der Waals surface area contributed by atoms with Gasteiger partial charge in [-0.1, -0.05) is 30.3 Å². The van der Waals surface area contributed by atoms with Crippen LogP contribution in [0.1, 0.15) is 12.5 Å². The number of amides is 2. The lowest BCUT2D eigenvalue weighted by atomic mass is 10.1. The minimum atomic E-state index is -0.306. The van der Waals surface area contributed by atoms with Crippen LogP contribution >= 0.6 is 11.3 Å². The van der Waals surface area contributed by atoms with E-state index in [1.165, 1.54) is 18.3 Å². The van der Waals surface area contributed by atoms with Gasteiger partial charge in [-0.05, 0) is 11.6 Å². The summed E-state index contributed by atoms with van der Waals surface area (Å²) in [5, 5.41) is 12.5. The van der Waals surface area contributed by atoms with Crippen LogP contribution in [0.4, 0.5) is 5.00 Å². The van der Waals surface area contributed by atoms with Crippen molar-refractivity contribution in [2.75, 3.05) is 25.0 Å². The first kappa shape index (κ1) is 17.1. The lowest BCUT2D eigenvalue weighted by molar-refractivity contribution is -0.144. The van der Waals surface area contributed by atoms with Gasteiger partial charge in [-0.15, -0.1) is 11.3 Å². The van der Waals surface area contributed by atoms with Crippen molar-refractivity contribution in [1.29, 1.82) is 5.26 Å². The highest BCUT2D eigenvalue weighted by Gasteiger charge is 2.29. The molecule has 0 unspecified atom stereocenters. The minimum absolute atomic E-state index is 0.00925. The van der Waals surface area contributed by atoms with Crippen LogP contribution in [0.3, 0.4) is 0 Å². The Morgan fingerprint density at radius 1 is 1.36 bits per heavy atom. The van der Waals surface area contributed by atoms with E-state index in [1.54, 1.807) is 11.0 Å². The highest BCUT2D eigenvalue weighted by molar-refractivity contribution is 7.19. The normalized spacial score (nSPS) is 13.8. The topological polar surface area (TPSA) is 82.4 Å². The first-order chi connectivity index (χ1) is 12.1. The van der Waals surface area contributed by atoms with Crippen LogP contribution in [-0.4, -0.2) is 42.5 Å². The second-order valence-corrected chi connectivity index (χ2v) is 6.79. The molecule has 25 heavy (non-hydrogen) atoms. The molecule has 1 aromatic carbocycles. The molecule has 0 aliphatic carbocycles. The van der Waals surface area contributed by atoms with E-state index in [2.05, 4.69) is 11.4 Å². The second kappa shape index (κ2) is 7.47. The number of likely N-dealkylation sites (tertiary alicyclic amines) is 1. The number of benzene rings is 1. The summed E-state index contributed by atoms with van der Waals surface area (Å²) >= 11 is 1.36. The van der Waals surface area contributed by atoms with Gasteiger partial charge in [-0.2, -0.15) is 5.26 Å². The van der Waals surface area contributed by atoms with E-state index in [0.29, 0.717) is 23.7 Å². The summed E-state index contributed by atoms with van der Waals surface area (Å²) in [7, 11) is 0. The van der Waals surface area contributed by atoms with Crippen LogP contribution in [-0.2, 0) is 14.3 Å². The average Bonchev–Trinajstić information content (AvgIpc) is 2.96. The number of carbonyl (C=O) groups excluding carboxylic acids is 2. The predicted molar refractivity (Wildman–Crippen MR) is 95.1 cm³/mol. The Hall–Kier alpha value is -2.69. The van der Waals surface area contributed by atoms with Crippen molar-refractivity contribution < 1.29 is 14.3 Å². The number of rotatable bonds is 5. The number of thiophene rings is 1. The Morgan fingerprint density at radius 2 is 2.08 bits per heavy atom. The highest BCUT2D eigenvalue weighted by atomic mass is 32.1. The van der Waals surface area contributed by atoms with E-state index in [-0.39, 0.29) is 24.5 Å². The molecule has 1 aromatic heterocycles. The van der Waals surface area contributed by atoms with Gasteiger partial charge in [0.15, 0.2) is 0 Å². The van der Waals surface area contributed by atoms with Gasteiger partial charge in [0.05, 0.1) is 11.7 Å². The molecule has 1 aliphatic heterocycles. The quantitative estimate of drug-likeness (QED) is 0.893. The number of hydrogen-bond acceptors (Lipinski definition) is 5. The molecule has 1 fully saturated rings. The maximum atomic E-state index is 12.1. The van der Waals surface area contributed by atoms with Crippen molar-refractivity contribution in [2.45, 2.75) is 13.0 Å². The van der Waals surface area contributed by atoms with Gasteiger partial charge in [0.2, 0.25) is 5.91 Å². The van der Waals surface area contributed by atoms with E-state index in [9.17, 15) is 14.9 Å².